The van der Waals surface area contributed by atoms with Gasteiger partial charge in [0.25, 0.3) is 0 Å². The summed E-state index contributed by atoms with van der Waals surface area (Å²) in [7, 11) is 1.70. The minimum absolute atomic E-state index is 0.396. The van der Waals surface area contributed by atoms with Crippen LogP contribution in [-0.2, 0) is 0 Å². The fraction of sp³-hybridized carbons (Fsp3) is 0.571. The molecule has 0 bridgehead atoms. The van der Waals surface area contributed by atoms with Crippen molar-refractivity contribution in [3.63, 3.8) is 0 Å². The van der Waals surface area contributed by atoms with Crippen LogP contribution in [0.4, 0.5) is 0 Å². The number of hydrogen-bond acceptors (Lipinski definition) is 3. The number of ether oxygens (including phenoxy) is 2. The molecule has 0 saturated heterocycles. The first-order valence-corrected chi connectivity index (χ1v) is 6.31. The summed E-state index contributed by atoms with van der Waals surface area (Å²) in [6.07, 6.45) is 2.18. The summed E-state index contributed by atoms with van der Waals surface area (Å²) in [6, 6.07) is 4.62. The molecule has 1 aliphatic rings. The molecule has 17 heavy (non-hydrogen) atoms. The average molecular weight is 235 g/mol. The summed E-state index contributed by atoms with van der Waals surface area (Å²) in [4.78, 5) is 0. The molecule has 0 spiro atoms. The molecule has 94 valence electrons. The van der Waals surface area contributed by atoms with E-state index in [0.717, 1.165) is 37.5 Å². The number of benzene rings is 1. The first-order chi connectivity index (χ1) is 8.26. The van der Waals surface area contributed by atoms with E-state index in [0.29, 0.717) is 6.04 Å². The van der Waals surface area contributed by atoms with E-state index in [9.17, 15) is 0 Å². The van der Waals surface area contributed by atoms with Crippen LogP contribution < -0.4 is 14.8 Å². The van der Waals surface area contributed by atoms with E-state index >= 15 is 0 Å². The summed E-state index contributed by atoms with van der Waals surface area (Å²) in [6.45, 7) is 6.08. The van der Waals surface area contributed by atoms with Crippen LogP contribution in [0.15, 0.2) is 12.1 Å². The number of nitrogens with one attached hydrogen (secondary N) is 1. The molecule has 0 aromatic heterocycles. The molecule has 1 aromatic carbocycles. The topological polar surface area (TPSA) is 30.5 Å². The SMILES string of the molecule is CCCNC1CCOc2c(OC)cc(C)cc21. The molecular formula is C14H21NO2. The predicted octanol–water partition coefficient (Wildman–Crippen LogP) is 2.83. The van der Waals surface area contributed by atoms with Crippen molar-refractivity contribution < 1.29 is 9.47 Å². The molecule has 1 atom stereocenters. The van der Waals surface area contributed by atoms with Crippen molar-refractivity contribution in [2.75, 3.05) is 20.3 Å². The van der Waals surface area contributed by atoms with Gasteiger partial charge in [0.15, 0.2) is 11.5 Å². The molecule has 2 rings (SSSR count). The van der Waals surface area contributed by atoms with Gasteiger partial charge in [-0.2, -0.15) is 0 Å². The Morgan fingerprint density at radius 3 is 3.00 bits per heavy atom. The fourth-order valence-corrected chi connectivity index (χ4v) is 2.30. The van der Waals surface area contributed by atoms with Gasteiger partial charge in [-0.1, -0.05) is 13.0 Å². The average Bonchev–Trinajstić information content (AvgIpc) is 2.35. The molecule has 0 saturated carbocycles. The molecule has 3 heteroatoms. The Hall–Kier alpha value is -1.22. The summed E-state index contributed by atoms with van der Waals surface area (Å²) in [5.41, 5.74) is 2.45. The van der Waals surface area contributed by atoms with Gasteiger partial charge in [0.05, 0.1) is 13.7 Å². The largest absolute Gasteiger partial charge is 0.493 e. The van der Waals surface area contributed by atoms with Gasteiger partial charge in [0, 0.05) is 18.0 Å². The molecule has 3 nitrogen and oxygen atoms in total. The Bertz CT molecular complexity index is 390. The number of rotatable bonds is 4. The van der Waals surface area contributed by atoms with E-state index in [1.165, 1.54) is 11.1 Å². The van der Waals surface area contributed by atoms with Gasteiger partial charge >= 0.3 is 0 Å². The zero-order valence-corrected chi connectivity index (χ0v) is 10.9. The lowest BCUT2D eigenvalue weighted by atomic mass is 9.98. The molecule has 0 aliphatic carbocycles. The Morgan fingerprint density at radius 2 is 2.29 bits per heavy atom. The van der Waals surface area contributed by atoms with Gasteiger partial charge in [-0.3, -0.25) is 0 Å². The van der Waals surface area contributed by atoms with Crippen LogP contribution in [0, 0.1) is 6.92 Å². The normalized spacial score (nSPS) is 18.4. The van der Waals surface area contributed by atoms with Crippen molar-refractivity contribution >= 4 is 0 Å². The van der Waals surface area contributed by atoms with E-state index in [1.807, 2.05) is 6.07 Å². The van der Waals surface area contributed by atoms with Gasteiger partial charge in [-0.25, -0.2) is 0 Å². The second-order valence-electron chi connectivity index (χ2n) is 4.53. The zero-order chi connectivity index (χ0) is 12.3. The number of aryl methyl sites for hydroxylation is 1. The second kappa shape index (κ2) is 5.41. The van der Waals surface area contributed by atoms with E-state index in [4.69, 9.17) is 9.47 Å². The van der Waals surface area contributed by atoms with Crippen LogP contribution in [0.25, 0.3) is 0 Å². The third-order valence-electron chi connectivity index (χ3n) is 3.12. The standard InChI is InChI=1S/C14H21NO2/c1-4-6-15-12-5-7-17-14-11(12)8-10(2)9-13(14)16-3/h8-9,12,15H,4-7H2,1-3H3. The number of hydrogen-bond donors (Lipinski definition) is 1. The van der Waals surface area contributed by atoms with Crippen molar-refractivity contribution in [3.8, 4) is 11.5 Å². The molecule has 1 N–H and O–H groups in total. The quantitative estimate of drug-likeness (QED) is 0.870. The lowest BCUT2D eigenvalue weighted by Gasteiger charge is -2.28. The van der Waals surface area contributed by atoms with E-state index in [1.54, 1.807) is 7.11 Å². The van der Waals surface area contributed by atoms with Gasteiger partial charge in [-0.15, -0.1) is 0 Å². The summed E-state index contributed by atoms with van der Waals surface area (Å²) in [5.74, 6) is 1.76. The zero-order valence-electron chi connectivity index (χ0n) is 10.9. The van der Waals surface area contributed by atoms with Crippen molar-refractivity contribution in [1.82, 2.24) is 5.32 Å². The van der Waals surface area contributed by atoms with Gasteiger partial charge < -0.3 is 14.8 Å². The Balaban J connectivity index is 2.32. The first-order valence-electron chi connectivity index (χ1n) is 6.31. The van der Waals surface area contributed by atoms with Crippen molar-refractivity contribution in [2.45, 2.75) is 32.7 Å². The number of methoxy groups -OCH3 is 1. The minimum atomic E-state index is 0.396. The lowest BCUT2D eigenvalue weighted by molar-refractivity contribution is 0.239. The van der Waals surface area contributed by atoms with Crippen molar-refractivity contribution in [2.24, 2.45) is 0 Å². The van der Waals surface area contributed by atoms with Crippen LogP contribution in [0.2, 0.25) is 0 Å². The summed E-state index contributed by atoms with van der Waals surface area (Å²) >= 11 is 0. The molecule has 0 radical (unpaired) electrons. The number of fused-ring (bicyclic) bond motifs is 1. The fourth-order valence-electron chi connectivity index (χ4n) is 2.30. The molecule has 1 aliphatic heterocycles. The predicted molar refractivity (Wildman–Crippen MR) is 68.9 cm³/mol. The summed E-state index contributed by atoms with van der Waals surface area (Å²) < 4.78 is 11.1. The summed E-state index contributed by atoms with van der Waals surface area (Å²) in [5, 5.41) is 3.57. The highest BCUT2D eigenvalue weighted by atomic mass is 16.5. The Kier molecular flexibility index (Phi) is 3.89. The highest BCUT2D eigenvalue weighted by Gasteiger charge is 2.24. The lowest BCUT2D eigenvalue weighted by Crippen LogP contribution is -2.28. The second-order valence-corrected chi connectivity index (χ2v) is 4.53. The third-order valence-corrected chi connectivity index (χ3v) is 3.12. The van der Waals surface area contributed by atoms with Crippen LogP contribution in [0.3, 0.4) is 0 Å². The molecule has 1 aromatic rings. The Labute approximate surface area is 103 Å². The molecule has 1 unspecified atom stereocenters. The first kappa shape index (κ1) is 12.2. The minimum Gasteiger partial charge on any atom is -0.493 e. The monoisotopic (exact) mass is 235 g/mol. The maximum Gasteiger partial charge on any atom is 0.165 e. The van der Waals surface area contributed by atoms with E-state index in [2.05, 4.69) is 25.2 Å². The van der Waals surface area contributed by atoms with E-state index < -0.39 is 0 Å². The third kappa shape index (κ3) is 2.55. The highest BCUT2D eigenvalue weighted by molar-refractivity contribution is 5.51. The molecule has 0 fully saturated rings. The van der Waals surface area contributed by atoms with Crippen molar-refractivity contribution in [1.29, 1.82) is 0 Å². The smallest absolute Gasteiger partial charge is 0.165 e. The van der Waals surface area contributed by atoms with Crippen LogP contribution in [0.5, 0.6) is 11.5 Å². The van der Waals surface area contributed by atoms with E-state index in [-0.39, 0.29) is 0 Å². The van der Waals surface area contributed by atoms with Gasteiger partial charge in [0.1, 0.15) is 0 Å². The van der Waals surface area contributed by atoms with Crippen molar-refractivity contribution in [3.05, 3.63) is 23.3 Å². The Morgan fingerprint density at radius 1 is 1.47 bits per heavy atom. The van der Waals surface area contributed by atoms with Crippen LogP contribution in [-0.4, -0.2) is 20.3 Å². The van der Waals surface area contributed by atoms with Gasteiger partial charge in [-0.05, 0) is 31.5 Å². The van der Waals surface area contributed by atoms with Crippen LogP contribution in [0.1, 0.15) is 36.9 Å². The molecular weight excluding hydrogens is 214 g/mol. The van der Waals surface area contributed by atoms with Gasteiger partial charge in [0.2, 0.25) is 0 Å². The van der Waals surface area contributed by atoms with Crippen LogP contribution >= 0.6 is 0 Å². The molecule has 1 heterocycles. The maximum absolute atomic E-state index is 5.75. The molecule has 0 amide bonds. The highest BCUT2D eigenvalue weighted by Crippen LogP contribution is 2.40. The maximum atomic E-state index is 5.75.